The van der Waals surface area contributed by atoms with E-state index in [1.807, 2.05) is 0 Å². The average Bonchev–Trinajstić information content (AvgIpc) is 2.51. The van der Waals surface area contributed by atoms with Crippen LogP contribution in [0.15, 0.2) is 24.3 Å². The fourth-order valence-electron chi connectivity index (χ4n) is 3.40. The Labute approximate surface area is 139 Å². The quantitative estimate of drug-likeness (QED) is 0.837. The Kier molecular flexibility index (Phi) is 6.58. The lowest BCUT2D eigenvalue weighted by atomic mass is 9.86. The molecule has 1 aliphatic rings. The minimum atomic E-state index is -0.236. The zero-order valence-electron chi connectivity index (χ0n) is 14.4. The summed E-state index contributed by atoms with van der Waals surface area (Å²) in [6.07, 6.45) is 4.75. The molecule has 1 saturated carbocycles. The molecule has 3 unspecified atom stereocenters. The van der Waals surface area contributed by atoms with E-state index in [9.17, 15) is 9.18 Å². The number of hydrogen-bond donors (Lipinski definition) is 2. The minimum Gasteiger partial charge on any atom is -0.352 e. The fraction of sp³-hybridized carbons (Fsp3) is 0.632. The van der Waals surface area contributed by atoms with Gasteiger partial charge in [0.2, 0.25) is 5.91 Å². The monoisotopic (exact) mass is 320 g/mol. The van der Waals surface area contributed by atoms with Gasteiger partial charge in [-0.25, -0.2) is 4.39 Å². The second-order valence-corrected chi connectivity index (χ2v) is 7.09. The van der Waals surface area contributed by atoms with E-state index in [4.69, 9.17) is 0 Å². The molecule has 0 aliphatic heterocycles. The third-order valence-electron chi connectivity index (χ3n) is 4.84. The van der Waals surface area contributed by atoms with Crippen molar-refractivity contribution in [1.82, 2.24) is 10.6 Å². The normalized spacial score (nSPS) is 22.8. The molecule has 1 fully saturated rings. The predicted molar refractivity (Wildman–Crippen MR) is 91.5 cm³/mol. The van der Waals surface area contributed by atoms with Crippen LogP contribution in [0.4, 0.5) is 4.39 Å². The lowest BCUT2D eigenvalue weighted by Crippen LogP contribution is -2.45. The molecule has 0 bridgehead atoms. The van der Waals surface area contributed by atoms with Crippen LogP contribution in [0.5, 0.6) is 0 Å². The van der Waals surface area contributed by atoms with E-state index in [1.165, 1.54) is 31.4 Å². The topological polar surface area (TPSA) is 41.1 Å². The molecular weight excluding hydrogens is 291 g/mol. The molecule has 0 aromatic heterocycles. The Bertz CT molecular complexity index is 501. The molecule has 128 valence electrons. The standard InChI is InChI=1S/C19H29FN2O/c1-13(2)19(15-8-10-16(20)11-9-15)21-12-18(23)22-17-7-5-4-6-14(17)3/h8-11,13-14,17,19,21H,4-7,12H2,1-3H3,(H,22,23). The van der Waals surface area contributed by atoms with Gasteiger partial charge in [0.05, 0.1) is 6.54 Å². The summed E-state index contributed by atoms with van der Waals surface area (Å²) < 4.78 is 13.1. The molecule has 2 rings (SSSR count). The van der Waals surface area contributed by atoms with Crippen molar-refractivity contribution in [2.75, 3.05) is 6.54 Å². The molecule has 2 N–H and O–H groups in total. The minimum absolute atomic E-state index is 0.0464. The van der Waals surface area contributed by atoms with Gasteiger partial charge >= 0.3 is 0 Å². The third kappa shape index (κ3) is 5.31. The lowest BCUT2D eigenvalue weighted by Gasteiger charge is -2.30. The summed E-state index contributed by atoms with van der Waals surface area (Å²) in [5, 5.41) is 6.49. The molecule has 1 amide bonds. The van der Waals surface area contributed by atoms with Gasteiger partial charge in [-0.3, -0.25) is 4.79 Å². The number of amides is 1. The summed E-state index contributed by atoms with van der Waals surface area (Å²) in [4.78, 5) is 12.2. The van der Waals surface area contributed by atoms with Gasteiger partial charge in [-0.05, 0) is 42.4 Å². The van der Waals surface area contributed by atoms with Gasteiger partial charge in [0.1, 0.15) is 5.82 Å². The molecule has 1 aromatic rings. The first kappa shape index (κ1) is 17.9. The van der Waals surface area contributed by atoms with E-state index >= 15 is 0 Å². The van der Waals surface area contributed by atoms with E-state index in [0.717, 1.165) is 12.0 Å². The van der Waals surface area contributed by atoms with Crippen LogP contribution in [0.2, 0.25) is 0 Å². The highest BCUT2D eigenvalue weighted by Gasteiger charge is 2.23. The molecule has 0 spiro atoms. The number of hydrogen-bond acceptors (Lipinski definition) is 2. The maximum Gasteiger partial charge on any atom is 0.234 e. The highest BCUT2D eigenvalue weighted by Crippen LogP contribution is 2.24. The van der Waals surface area contributed by atoms with Gasteiger partial charge in [-0.1, -0.05) is 45.7 Å². The van der Waals surface area contributed by atoms with Crippen molar-refractivity contribution in [2.24, 2.45) is 11.8 Å². The van der Waals surface area contributed by atoms with Gasteiger partial charge < -0.3 is 10.6 Å². The predicted octanol–water partition coefficient (Wildman–Crippen LogP) is 3.81. The summed E-state index contributed by atoms with van der Waals surface area (Å²) in [5.41, 5.74) is 1.01. The SMILES string of the molecule is CC(C)C(NCC(=O)NC1CCCCC1C)c1ccc(F)cc1. The van der Waals surface area contributed by atoms with E-state index in [-0.39, 0.29) is 17.8 Å². The van der Waals surface area contributed by atoms with Gasteiger partial charge in [-0.15, -0.1) is 0 Å². The maximum absolute atomic E-state index is 13.1. The van der Waals surface area contributed by atoms with Crippen molar-refractivity contribution >= 4 is 5.91 Å². The van der Waals surface area contributed by atoms with Crippen molar-refractivity contribution in [3.63, 3.8) is 0 Å². The van der Waals surface area contributed by atoms with Crippen LogP contribution < -0.4 is 10.6 Å². The van der Waals surface area contributed by atoms with Gasteiger partial charge in [0.25, 0.3) is 0 Å². The summed E-state index contributed by atoms with van der Waals surface area (Å²) in [6.45, 7) is 6.71. The van der Waals surface area contributed by atoms with Crippen molar-refractivity contribution in [3.05, 3.63) is 35.6 Å². The Morgan fingerprint density at radius 2 is 1.87 bits per heavy atom. The van der Waals surface area contributed by atoms with Crippen LogP contribution in [-0.4, -0.2) is 18.5 Å². The molecular formula is C19H29FN2O. The summed E-state index contributed by atoms with van der Waals surface area (Å²) in [6, 6.07) is 6.86. The van der Waals surface area contributed by atoms with Crippen LogP contribution >= 0.6 is 0 Å². The van der Waals surface area contributed by atoms with E-state index in [1.54, 1.807) is 12.1 Å². The zero-order chi connectivity index (χ0) is 16.8. The number of carbonyl (C=O) groups excluding carboxylic acids is 1. The van der Waals surface area contributed by atoms with E-state index < -0.39 is 0 Å². The molecule has 1 aromatic carbocycles. The summed E-state index contributed by atoms with van der Waals surface area (Å²) in [7, 11) is 0. The smallest absolute Gasteiger partial charge is 0.234 e. The molecule has 4 heteroatoms. The van der Waals surface area contributed by atoms with E-state index in [0.29, 0.717) is 24.4 Å². The highest BCUT2D eigenvalue weighted by atomic mass is 19.1. The van der Waals surface area contributed by atoms with E-state index in [2.05, 4.69) is 31.4 Å². The van der Waals surface area contributed by atoms with Gasteiger partial charge in [-0.2, -0.15) is 0 Å². The zero-order valence-corrected chi connectivity index (χ0v) is 14.4. The first-order chi connectivity index (χ1) is 11.0. The molecule has 0 saturated heterocycles. The second kappa shape index (κ2) is 8.44. The Morgan fingerprint density at radius 1 is 1.22 bits per heavy atom. The number of carbonyl (C=O) groups is 1. The van der Waals surface area contributed by atoms with Crippen molar-refractivity contribution < 1.29 is 9.18 Å². The van der Waals surface area contributed by atoms with Crippen molar-refractivity contribution in [2.45, 2.75) is 58.5 Å². The largest absolute Gasteiger partial charge is 0.352 e. The van der Waals surface area contributed by atoms with Crippen LogP contribution in [0.1, 0.15) is 58.1 Å². The molecule has 0 heterocycles. The Morgan fingerprint density at radius 3 is 2.48 bits per heavy atom. The van der Waals surface area contributed by atoms with Crippen molar-refractivity contribution in [3.8, 4) is 0 Å². The highest BCUT2D eigenvalue weighted by molar-refractivity contribution is 5.78. The number of nitrogens with one attached hydrogen (secondary N) is 2. The third-order valence-corrected chi connectivity index (χ3v) is 4.84. The fourth-order valence-corrected chi connectivity index (χ4v) is 3.40. The van der Waals surface area contributed by atoms with Gasteiger partial charge in [0, 0.05) is 12.1 Å². The number of rotatable bonds is 6. The second-order valence-electron chi connectivity index (χ2n) is 7.09. The molecule has 0 radical (unpaired) electrons. The maximum atomic E-state index is 13.1. The molecule has 1 aliphatic carbocycles. The van der Waals surface area contributed by atoms with Gasteiger partial charge in [0.15, 0.2) is 0 Å². The average molecular weight is 320 g/mol. The van der Waals surface area contributed by atoms with Crippen LogP contribution in [0, 0.1) is 17.7 Å². The summed E-state index contributed by atoms with van der Waals surface area (Å²) in [5.74, 6) is 0.698. The Balaban J connectivity index is 1.88. The van der Waals surface area contributed by atoms with Crippen LogP contribution in [-0.2, 0) is 4.79 Å². The first-order valence-electron chi connectivity index (χ1n) is 8.75. The van der Waals surface area contributed by atoms with Crippen molar-refractivity contribution in [1.29, 1.82) is 0 Å². The number of benzene rings is 1. The lowest BCUT2D eigenvalue weighted by molar-refractivity contribution is -0.121. The molecule has 3 nitrogen and oxygen atoms in total. The first-order valence-corrected chi connectivity index (χ1v) is 8.75. The molecule has 3 atom stereocenters. The van der Waals surface area contributed by atoms with Crippen LogP contribution in [0.25, 0.3) is 0 Å². The van der Waals surface area contributed by atoms with Crippen LogP contribution in [0.3, 0.4) is 0 Å². The molecule has 23 heavy (non-hydrogen) atoms. The summed E-state index contributed by atoms with van der Waals surface area (Å²) >= 11 is 0. The number of halogens is 1. The Hall–Kier alpha value is -1.42.